The quantitative estimate of drug-likeness (QED) is 0.495. The number of amides is 1. The Hall–Kier alpha value is -0.890. The molecule has 1 heterocycles. The van der Waals surface area contributed by atoms with E-state index < -0.39 is 5.91 Å². The van der Waals surface area contributed by atoms with Crippen molar-refractivity contribution in [2.45, 2.75) is 0 Å². The van der Waals surface area contributed by atoms with Crippen LogP contribution in [0.4, 0.5) is 0 Å². The van der Waals surface area contributed by atoms with E-state index in [0.717, 1.165) is 0 Å². The van der Waals surface area contributed by atoms with Gasteiger partial charge < -0.3 is 10.7 Å². The van der Waals surface area contributed by atoms with E-state index in [1.54, 1.807) is 0 Å². The fourth-order valence-corrected chi connectivity index (χ4v) is 0.692. The van der Waals surface area contributed by atoms with E-state index in [1.807, 2.05) is 0 Å². The number of H-pyrrole nitrogens is 1. The summed E-state index contributed by atoms with van der Waals surface area (Å²) in [5.74, 6) is -0.490. The van der Waals surface area contributed by atoms with Crippen LogP contribution in [0.25, 0.3) is 0 Å². The molecule has 0 aliphatic rings. The molecule has 0 bridgehead atoms. The highest BCUT2D eigenvalue weighted by molar-refractivity contribution is 7.26. The molecule has 1 rings (SSSR count). The Morgan fingerprint density at radius 1 is 1.89 bits per heavy atom. The van der Waals surface area contributed by atoms with Crippen LogP contribution in [0, 0.1) is 0 Å². The first-order chi connectivity index (χ1) is 4.20. The smallest absolute Gasteiger partial charge is 0.266 e. The van der Waals surface area contributed by atoms with Gasteiger partial charge in [0.05, 0.1) is 6.20 Å². The number of primary amides is 1. The van der Waals surface area contributed by atoms with Crippen molar-refractivity contribution in [2.24, 2.45) is 5.73 Å². The molecule has 0 saturated carbocycles. The van der Waals surface area contributed by atoms with Crippen molar-refractivity contribution in [3.05, 3.63) is 11.9 Å². The van der Waals surface area contributed by atoms with E-state index >= 15 is 0 Å². The highest BCUT2D eigenvalue weighted by Gasteiger charge is 2.00. The van der Waals surface area contributed by atoms with Gasteiger partial charge in [-0.05, 0) is 0 Å². The molecule has 1 atom stereocenters. The third-order valence-electron chi connectivity index (χ3n) is 0.861. The molecule has 3 N–H and O–H groups in total. The Balaban J connectivity index is 2.98. The molecule has 0 fully saturated rings. The second-order valence-electron chi connectivity index (χ2n) is 1.55. The fourth-order valence-electron chi connectivity index (χ4n) is 0.462. The van der Waals surface area contributed by atoms with Crippen molar-refractivity contribution in [1.82, 2.24) is 9.97 Å². The highest BCUT2D eigenvalue weighted by Crippen LogP contribution is 1.88. The lowest BCUT2D eigenvalue weighted by Crippen LogP contribution is -2.12. The molecule has 1 aromatic heterocycles. The summed E-state index contributed by atoms with van der Waals surface area (Å²) in [6.07, 6.45) is 1.39. The molecule has 0 aromatic carbocycles. The van der Waals surface area contributed by atoms with Gasteiger partial charge in [-0.2, -0.15) is 0 Å². The molecule has 4 nitrogen and oxygen atoms in total. The van der Waals surface area contributed by atoms with Crippen LogP contribution in [-0.2, 0) is 0 Å². The van der Waals surface area contributed by atoms with E-state index in [4.69, 9.17) is 5.73 Å². The van der Waals surface area contributed by atoms with Gasteiger partial charge in [0, 0.05) is 0 Å². The maximum Gasteiger partial charge on any atom is 0.266 e. The molecule has 0 saturated heterocycles. The van der Waals surface area contributed by atoms with Crippen LogP contribution >= 0.6 is 9.24 Å². The lowest BCUT2D eigenvalue weighted by atomic mass is 10.5. The van der Waals surface area contributed by atoms with Crippen molar-refractivity contribution >= 4 is 20.7 Å². The molecule has 5 heteroatoms. The number of aromatic amines is 1. The summed E-state index contributed by atoms with van der Waals surface area (Å²) in [5, 5.41) is 0. The standard InChI is InChI=1S/C4H6N3OP/c5-3(8)2-1-6-4(9)7-2/h1H,9H2,(H2,5,8)(H,6,7). The largest absolute Gasteiger partial charge is 0.364 e. The summed E-state index contributed by atoms with van der Waals surface area (Å²) in [6, 6.07) is 0. The van der Waals surface area contributed by atoms with Gasteiger partial charge in [-0.3, -0.25) is 4.79 Å². The second kappa shape index (κ2) is 2.15. The number of rotatable bonds is 1. The Bertz CT molecular complexity index is 231. The first-order valence-electron chi connectivity index (χ1n) is 2.30. The van der Waals surface area contributed by atoms with Crippen molar-refractivity contribution < 1.29 is 4.79 Å². The summed E-state index contributed by atoms with van der Waals surface area (Å²) in [4.78, 5) is 16.8. The van der Waals surface area contributed by atoms with Gasteiger partial charge in [0.25, 0.3) is 5.91 Å². The van der Waals surface area contributed by atoms with E-state index in [2.05, 4.69) is 19.2 Å². The third-order valence-corrected chi connectivity index (χ3v) is 1.15. The lowest BCUT2D eigenvalue weighted by molar-refractivity contribution is 0.0996. The minimum Gasteiger partial charge on any atom is -0.364 e. The Kier molecular flexibility index (Phi) is 1.49. The molecule has 0 aliphatic carbocycles. The summed E-state index contributed by atoms with van der Waals surface area (Å²) >= 11 is 0. The van der Waals surface area contributed by atoms with Crippen molar-refractivity contribution in [2.75, 3.05) is 0 Å². The van der Waals surface area contributed by atoms with Crippen LogP contribution in [0.15, 0.2) is 6.20 Å². The number of carbonyl (C=O) groups excluding carboxylic acids is 1. The molecule has 1 aromatic rings. The zero-order valence-electron chi connectivity index (χ0n) is 4.59. The van der Waals surface area contributed by atoms with Gasteiger partial charge in [0.1, 0.15) is 11.3 Å². The van der Waals surface area contributed by atoms with Crippen molar-refractivity contribution in [3.8, 4) is 0 Å². The summed E-state index contributed by atoms with van der Waals surface area (Å²) < 4.78 is 0. The molecular formula is C4H6N3OP. The van der Waals surface area contributed by atoms with E-state index in [0.29, 0.717) is 11.3 Å². The number of nitrogens with zero attached hydrogens (tertiary/aromatic N) is 1. The predicted octanol–water partition coefficient (Wildman–Crippen LogP) is -0.991. The van der Waals surface area contributed by atoms with Crippen LogP contribution < -0.4 is 11.3 Å². The summed E-state index contributed by atoms with van der Waals surface area (Å²) in [5.41, 5.74) is 5.86. The van der Waals surface area contributed by atoms with Gasteiger partial charge in [-0.25, -0.2) is 4.98 Å². The minimum absolute atomic E-state index is 0.333. The first-order valence-corrected chi connectivity index (χ1v) is 2.88. The molecule has 1 amide bonds. The monoisotopic (exact) mass is 143 g/mol. The number of imidazole rings is 1. The third kappa shape index (κ3) is 1.27. The molecule has 48 valence electrons. The summed E-state index contributed by atoms with van der Waals surface area (Å²) in [6.45, 7) is 0. The van der Waals surface area contributed by atoms with E-state index in [1.165, 1.54) is 6.20 Å². The van der Waals surface area contributed by atoms with Crippen molar-refractivity contribution in [1.29, 1.82) is 0 Å². The molecule has 9 heavy (non-hydrogen) atoms. The van der Waals surface area contributed by atoms with Crippen LogP contribution in [0.5, 0.6) is 0 Å². The molecule has 0 radical (unpaired) electrons. The summed E-state index contributed by atoms with van der Waals surface area (Å²) in [7, 11) is 2.32. The maximum absolute atomic E-state index is 10.4. The van der Waals surface area contributed by atoms with Crippen LogP contribution in [-0.4, -0.2) is 15.9 Å². The van der Waals surface area contributed by atoms with E-state index in [-0.39, 0.29) is 0 Å². The molecule has 0 aliphatic heterocycles. The maximum atomic E-state index is 10.4. The zero-order valence-corrected chi connectivity index (χ0v) is 5.74. The Labute approximate surface area is 54.1 Å². The van der Waals surface area contributed by atoms with Crippen LogP contribution in [0.1, 0.15) is 10.5 Å². The number of hydrogen-bond acceptors (Lipinski definition) is 2. The predicted molar refractivity (Wildman–Crippen MR) is 36.4 cm³/mol. The van der Waals surface area contributed by atoms with Gasteiger partial charge in [-0.15, -0.1) is 0 Å². The Morgan fingerprint density at radius 3 is 2.78 bits per heavy atom. The molecular weight excluding hydrogens is 137 g/mol. The van der Waals surface area contributed by atoms with Gasteiger partial charge in [0.2, 0.25) is 0 Å². The normalized spacial score (nSPS) is 9.44. The number of aromatic nitrogens is 2. The van der Waals surface area contributed by atoms with Crippen LogP contribution in [0.3, 0.4) is 0 Å². The molecule has 0 spiro atoms. The van der Waals surface area contributed by atoms with Crippen molar-refractivity contribution in [3.63, 3.8) is 0 Å². The average Bonchev–Trinajstić information content (AvgIpc) is 2.14. The number of hydrogen-bond donors (Lipinski definition) is 2. The van der Waals surface area contributed by atoms with Gasteiger partial charge >= 0.3 is 0 Å². The van der Waals surface area contributed by atoms with Gasteiger partial charge in [0.15, 0.2) is 0 Å². The topological polar surface area (TPSA) is 71.8 Å². The number of carbonyl (C=O) groups is 1. The Morgan fingerprint density at radius 2 is 2.56 bits per heavy atom. The zero-order chi connectivity index (χ0) is 6.85. The lowest BCUT2D eigenvalue weighted by Gasteiger charge is -1.82. The minimum atomic E-state index is -0.490. The van der Waals surface area contributed by atoms with Gasteiger partial charge in [-0.1, -0.05) is 9.24 Å². The number of nitrogens with one attached hydrogen (secondary N) is 1. The number of nitrogens with two attached hydrogens (primary N) is 1. The SMILES string of the molecule is NC(=O)c1cnc(P)[nH]1. The molecule has 1 unspecified atom stereocenters. The first kappa shape index (κ1) is 6.23. The average molecular weight is 143 g/mol. The second-order valence-corrected chi connectivity index (χ2v) is 2.09. The highest BCUT2D eigenvalue weighted by atomic mass is 31.0. The van der Waals surface area contributed by atoms with Crippen LogP contribution in [0.2, 0.25) is 0 Å². The fraction of sp³-hybridized carbons (Fsp3) is 0. The van der Waals surface area contributed by atoms with E-state index in [9.17, 15) is 4.79 Å².